The summed E-state index contributed by atoms with van der Waals surface area (Å²) in [6.45, 7) is 2.38. The molecule has 0 saturated carbocycles. The van der Waals surface area contributed by atoms with Crippen molar-refractivity contribution in [2.75, 3.05) is 7.11 Å². The van der Waals surface area contributed by atoms with Crippen molar-refractivity contribution in [2.24, 2.45) is 0 Å². The SMILES string of the molecule is COc1ccc(/C=C/C(=O)c2cccc(O)c2)cc1COc1ccc(C)cc1. The maximum absolute atomic E-state index is 12.3. The molecule has 0 aliphatic rings. The summed E-state index contributed by atoms with van der Waals surface area (Å²) in [5.74, 6) is 1.40. The van der Waals surface area contributed by atoms with Crippen LogP contribution in [0.3, 0.4) is 0 Å². The van der Waals surface area contributed by atoms with E-state index >= 15 is 0 Å². The Morgan fingerprint density at radius 1 is 1.04 bits per heavy atom. The minimum Gasteiger partial charge on any atom is -0.508 e. The van der Waals surface area contributed by atoms with E-state index in [4.69, 9.17) is 9.47 Å². The maximum atomic E-state index is 12.3. The fourth-order valence-corrected chi connectivity index (χ4v) is 2.74. The summed E-state index contributed by atoms with van der Waals surface area (Å²) in [5, 5.41) is 9.51. The van der Waals surface area contributed by atoms with Crippen LogP contribution in [0.25, 0.3) is 6.08 Å². The smallest absolute Gasteiger partial charge is 0.185 e. The highest BCUT2D eigenvalue weighted by atomic mass is 16.5. The molecule has 28 heavy (non-hydrogen) atoms. The first-order valence-corrected chi connectivity index (χ1v) is 8.93. The molecule has 142 valence electrons. The molecule has 4 nitrogen and oxygen atoms in total. The molecule has 3 rings (SSSR count). The van der Waals surface area contributed by atoms with E-state index in [9.17, 15) is 9.90 Å². The number of aromatic hydroxyl groups is 1. The van der Waals surface area contributed by atoms with E-state index in [1.807, 2.05) is 49.4 Å². The van der Waals surface area contributed by atoms with Gasteiger partial charge in [0.1, 0.15) is 23.9 Å². The van der Waals surface area contributed by atoms with Gasteiger partial charge >= 0.3 is 0 Å². The van der Waals surface area contributed by atoms with E-state index in [0.717, 1.165) is 22.6 Å². The highest BCUT2D eigenvalue weighted by Gasteiger charge is 2.06. The van der Waals surface area contributed by atoms with Crippen molar-refractivity contribution in [3.8, 4) is 17.2 Å². The van der Waals surface area contributed by atoms with Gasteiger partial charge in [0.05, 0.1) is 7.11 Å². The van der Waals surface area contributed by atoms with Crippen LogP contribution in [0.1, 0.15) is 27.0 Å². The molecule has 3 aromatic rings. The van der Waals surface area contributed by atoms with E-state index in [1.54, 1.807) is 25.3 Å². The third kappa shape index (κ3) is 5.01. The zero-order valence-corrected chi connectivity index (χ0v) is 15.9. The average molecular weight is 374 g/mol. The molecule has 1 N–H and O–H groups in total. The number of carbonyl (C=O) groups is 1. The third-order valence-electron chi connectivity index (χ3n) is 4.28. The van der Waals surface area contributed by atoms with Gasteiger partial charge in [-0.05, 0) is 55.0 Å². The molecule has 3 aromatic carbocycles. The third-order valence-corrected chi connectivity index (χ3v) is 4.28. The summed E-state index contributed by atoms with van der Waals surface area (Å²) >= 11 is 0. The number of rotatable bonds is 7. The second-order valence-electron chi connectivity index (χ2n) is 6.42. The van der Waals surface area contributed by atoms with Crippen LogP contribution in [0, 0.1) is 6.92 Å². The molecule has 0 aliphatic carbocycles. The summed E-state index contributed by atoms with van der Waals surface area (Å²) in [7, 11) is 1.62. The molecule has 0 atom stereocenters. The molecule has 0 aromatic heterocycles. The number of hydrogen-bond acceptors (Lipinski definition) is 4. The van der Waals surface area contributed by atoms with Crippen LogP contribution in [-0.4, -0.2) is 18.0 Å². The zero-order chi connectivity index (χ0) is 19.9. The van der Waals surface area contributed by atoms with Gasteiger partial charge in [-0.25, -0.2) is 0 Å². The Balaban J connectivity index is 1.74. The van der Waals surface area contributed by atoms with Gasteiger partial charge in [-0.1, -0.05) is 42.0 Å². The molecule has 0 fully saturated rings. The summed E-state index contributed by atoms with van der Waals surface area (Å²) in [4.78, 5) is 12.3. The predicted molar refractivity (Wildman–Crippen MR) is 110 cm³/mol. The van der Waals surface area contributed by atoms with Gasteiger partial charge in [0.2, 0.25) is 0 Å². The lowest BCUT2D eigenvalue weighted by molar-refractivity contribution is 0.104. The quantitative estimate of drug-likeness (QED) is 0.457. The minimum atomic E-state index is -0.177. The van der Waals surface area contributed by atoms with Crippen molar-refractivity contribution in [1.29, 1.82) is 0 Å². The van der Waals surface area contributed by atoms with Crippen LogP contribution in [0.4, 0.5) is 0 Å². The van der Waals surface area contributed by atoms with Crippen molar-refractivity contribution in [1.82, 2.24) is 0 Å². The molecular formula is C24H22O4. The Labute approximate surface area is 164 Å². The van der Waals surface area contributed by atoms with Crippen molar-refractivity contribution in [3.63, 3.8) is 0 Å². The number of ketones is 1. The maximum Gasteiger partial charge on any atom is 0.185 e. The monoisotopic (exact) mass is 374 g/mol. The molecule has 0 spiro atoms. The van der Waals surface area contributed by atoms with Gasteiger partial charge in [0, 0.05) is 11.1 Å². The first-order chi connectivity index (χ1) is 13.5. The van der Waals surface area contributed by atoms with Crippen LogP contribution in [0.5, 0.6) is 17.2 Å². The molecule has 0 heterocycles. The Bertz CT molecular complexity index is 988. The van der Waals surface area contributed by atoms with Gasteiger partial charge < -0.3 is 14.6 Å². The number of phenols is 1. The normalized spacial score (nSPS) is 10.8. The molecule has 0 amide bonds. The summed E-state index contributed by atoms with van der Waals surface area (Å²) in [5.41, 5.74) is 3.35. The lowest BCUT2D eigenvalue weighted by Crippen LogP contribution is -1.99. The molecule has 0 bridgehead atoms. The van der Waals surface area contributed by atoms with Crippen molar-refractivity contribution in [2.45, 2.75) is 13.5 Å². The highest BCUT2D eigenvalue weighted by molar-refractivity contribution is 6.07. The summed E-state index contributed by atoms with van der Waals surface area (Å²) in [6.07, 6.45) is 3.22. The van der Waals surface area contributed by atoms with Crippen LogP contribution in [-0.2, 0) is 6.61 Å². The van der Waals surface area contributed by atoms with Crippen LogP contribution in [0.2, 0.25) is 0 Å². The first kappa shape index (κ1) is 19.2. The van der Waals surface area contributed by atoms with Crippen LogP contribution in [0.15, 0.2) is 72.8 Å². The topological polar surface area (TPSA) is 55.8 Å². The van der Waals surface area contributed by atoms with Gasteiger partial charge in [-0.2, -0.15) is 0 Å². The molecular weight excluding hydrogens is 352 g/mol. The number of allylic oxidation sites excluding steroid dienone is 1. The van der Waals surface area contributed by atoms with E-state index in [0.29, 0.717) is 12.2 Å². The molecule has 0 radical (unpaired) electrons. The first-order valence-electron chi connectivity index (χ1n) is 8.93. The molecule has 4 heteroatoms. The van der Waals surface area contributed by atoms with Crippen molar-refractivity contribution >= 4 is 11.9 Å². The van der Waals surface area contributed by atoms with Gasteiger partial charge in [0.25, 0.3) is 0 Å². The Kier molecular flexibility index (Phi) is 6.12. The number of carbonyl (C=O) groups excluding carboxylic acids is 1. The number of ether oxygens (including phenoxy) is 2. The number of benzene rings is 3. The fraction of sp³-hybridized carbons (Fsp3) is 0.125. The van der Waals surface area contributed by atoms with Crippen LogP contribution < -0.4 is 9.47 Å². The standard InChI is InChI=1S/C24H22O4/c1-17-6-10-22(11-7-17)28-16-20-14-18(9-13-24(20)27-2)8-12-23(26)19-4-3-5-21(25)15-19/h3-15,25H,16H2,1-2H3/b12-8+. The van der Waals surface area contributed by atoms with Crippen molar-refractivity contribution in [3.05, 3.63) is 95.1 Å². The number of methoxy groups -OCH3 is 1. The highest BCUT2D eigenvalue weighted by Crippen LogP contribution is 2.23. The Hall–Kier alpha value is -3.53. The number of aryl methyl sites for hydroxylation is 1. The largest absolute Gasteiger partial charge is 0.508 e. The van der Waals surface area contributed by atoms with E-state index in [-0.39, 0.29) is 11.5 Å². The molecule has 0 saturated heterocycles. The van der Waals surface area contributed by atoms with Gasteiger partial charge in [-0.3, -0.25) is 4.79 Å². The lowest BCUT2D eigenvalue weighted by atomic mass is 10.1. The lowest BCUT2D eigenvalue weighted by Gasteiger charge is -2.11. The van der Waals surface area contributed by atoms with E-state index in [2.05, 4.69) is 0 Å². The van der Waals surface area contributed by atoms with Gasteiger partial charge in [0.15, 0.2) is 5.78 Å². The van der Waals surface area contributed by atoms with Gasteiger partial charge in [-0.15, -0.1) is 0 Å². The fourth-order valence-electron chi connectivity index (χ4n) is 2.74. The van der Waals surface area contributed by atoms with Crippen LogP contribution >= 0.6 is 0 Å². The van der Waals surface area contributed by atoms with E-state index < -0.39 is 0 Å². The zero-order valence-electron chi connectivity index (χ0n) is 15.9. The predicted octanol–water partition coefficient (Wildman–Crippen LogP) is 5.18. The average Bonchev–Trinajstić information content (AvgIpc) is 2.71. The van der Waals surface area contributed by atoms with Crippen molar-refractivity contribution < 1.29 is 19.4 Å². The Morgan fingerprint density at radius 3 is 2.54 bits per heavy atom. The van der Waals surface area contributed by atoms with E-state index in [1.165, 1.54) is 23.8 Å². The summed E-state index contributed by atoms with van der Waals surface area (Å²) < 4.78 is 11.3. The minimum absolute atomic E-state index is 0.0687. The second kappa shape index (κ2) is 8.91. The second-order valence-corrected chi connectivity index (χ2v) is 6.42. The number of hydrogen-bond donors (Lipinski definition) is 1. The summed E-state index contributed by atoms with van der Waals surface area (Å²) in [6, 6.07) is 19.8. The Morgan fingerprint density at radius 2 is 1.82 bits per heavy atom. The molecule has 0 unspecified atom stereocenters. The number of phenolic OH excluding ortho intramolecular Hbond substituents is 1. The molecule has 0 aliphatic heterocycles.